The molecule has 0 saturated carbocycles. The molecule has 0 aliphatic carbocycles. The summed E-state index contributed by atoms with van der Waals surface area (Å²) in [5, 5.41) is 8.98. The third-order valence-electron chi connectivity index (χ3n) is 3.43. The second-order valence-corrected chi connectivity index (χ2v) is 4.87. The summed E-state index contributed by atoms with van der Waals surface area (Å²) in [5.74, 6) is 1.29. The third kappa shape index (κ3) is 2.05. The van der Waals surface area contributed by atoms with Gasteiger partial charge in [-0.1, -0.05) is 6.07 Å². The van der Waals surface area contributed by atoms with Crippen molar-refractivity contribution in [3.8, 4) is 28.8 Å². The summed E-state index contributed by atoms with van der Waals surface area (Å²) in [4.78, 5) is 4.47. The van der Waals surface area contributed by atoms with Crippen LogP contribution < -0.4 is 0 Å². The minimum atomic E-state index is 0.503. The van der Waals surface area contributed by atoms with Gasteiger partial charge in [0.05, 0.1) is 17.9 Å². The first-order chi connectivity index (χ1) is 10.8. The van der Waals surface area contributed by atoms with Gasteiger partial charge in [-0.3, -0.25) is 0 Å². The van der Waals surface area contributed by atoms with E-state index in [9.17, 15) is 0 Å². The zero-order valence-corrected chi connectivity index (χ0v) is 11.5. The van der Waals surface area contributed by atoms with Gasteiger partial charge in [-0.25, -0.2) is 4.98 Å². The maximum atomic E-state index is 8.98. The summed E-state index contributed by atoms with van der Waals surface area (Å²) >= 11 is 0. The standard InChI is InChI=1S/C18H10N2O2/c19-11-12-3-1-4-14(9-12)18-20-15-7-6-13(10-17(15)22-18)16-5-2-8-21-16/h1-10H. The van der Waals surface area contributed by atoms with Gasteiger partial charge in [0.2, 0.25) is 5.89 Å². The number of oxazole rings is 1. The molecule has 2 aromatic heterocycles. The molecule has 0 unspecified atom stereocenters. The first-order valence-corrected chi connectivity index (χ1v) is 6.78. The van der Waals surface area contributed by atoms with E-state index in [1.54, 1.807) is 18.4 Å². The van der Waals surface area contributed by atoms with Crippen LogP contribution in [0, 0.1) is 11.3 Å². The van der Waals surface area contributed by atoms with Crippen molar-refractivity contribution in [3.05, 3.63) is 66.4 Å². The number of fused-ring (bicyclic) bond motifs is 1. The molecule has 0 aliphatic heterocycles. The Morgan fingerprint density at radius 2 is 1.91 bits per heavy atom. The van der Waals surface area contributed by atoms with Gasteiger partial charge >= 0.3 is 0 Å². The molecule has 4 rings (SSSR count). The lowest BCUT2D eigenvalue weighted by atomic mass is 10.1. The van der Waals surface area contributed by atoms with Crippen molar-refractivity contribution in [1.82, 2.24) is 4.98 Å². The van der Waals surface area contributed by atoms with Crippen LogP contribution in [-0.2, 0) is 0 Å². The number of hydrogen-bond acceptors (Lipinski definition) is 4. The molecular formula is C18H10N2O2. The van der Waals surface area contributed by atoms with Crippen LogP contribution in [0.3, 0.4) is 0 Å². The molecule has 0 N–H and O–H groups in total. The maximum absolute atomic E-state index is 8.98. The third-order valence-corrected chi connectivity index (χ3v) is 3.43. The molecule has 0 atom stereocenters. The second kappa shape index (κ2) is 4.90. The fourth-order valence-corrected chi connectivity index (χ4v) is 2.37. The summed E-state index contributed by atoms with van der Waals surface area (Å²) in [6, 6.07) is 18.8. The lowest BCUT2D eigenvalue weighted by Gasteiger charge is -1.95. The Kier molecular flexibility index (Phi) is 2.77. The molecule has 0 fully saturated rings. The molecule has 22 heavy (non-hydrogen) atoms. The number of nitrogens with zero attached hydrogens (tertiary/aromatic N) is 2. The number of benzene rings is 2. The SMILES string of the molecule is N#Cc1cccc(-c2nc3ccc(-c4ccco4)cc3o2)c1. The number of furan rings is 1. The first-order valence-electron chi connectivity index (χ1n) is 6.78. The van der Waals surface area contributed by atoms with Gasteiger partial charge in [0, 0.05) is 11.1 Å². The van der Waals surface area contributed by atoms with Crippen molar-refractivity contribution in [2.24, 2.45) is 0 Å². The molecule has 4 nitrogen and oxygen atoms in total. The van der Waals surface area contributed by atoms with Crippen LogP contribution in [0.2, 0.25) is 0 Å². The van der Waals surface area contributed by atoms with Crippen molar-refractivity contribution in [1.29, 1.82) is 5.26 Å². The molecule has 2 heterocycles. The van der Waals surface area contributed by atoms with Crippen LogP contribution in [0.25, 0.3) is 33.9 Å². The molecule has 0 aliphatic rings. The van der Waals surface area contributed by atoms with E-state index in [1.165, 1.54) is 0 Å². The van der Waals surface area contributed by atoms with Gasteiger partial charge in [0.1, 0.15) is 11.3 Å². The highest BCUT2D eigenvalue weighted by atomic mass is 16.3. The lowest BCUT2D eigenvalue weighted by molar-refractivity contribution is 0.581. The van der Waals surface area contributed by atoms with E-state index >= 15 is 0 Å². The van der Waals surface area contributed by atoms with Crippen LogP contribution in [0.5, 0.6) is 0 Å². The van der Waals surface area contributed by atoms with Gasteiger partial charge in [0.15, 0.2) is 5.58 Å². The Morgan fingerprint density at radius 1 is 0.955 bits per heavy atom. The summed E-state index contributed by atoms with van der Waals surface area (Å²) < 4.78 is 11.2. The average molecular weight is 286 g/mol. The van der Waals surface area contributed by atoms with Crippen molar-refractivity contribution < 1.29 is 8.83 Å². The Morgan fingerprint density at radius 3 is 2.73 bits per heavy atom. The lowest BCUT2D eigenvalue weighted by Crippen LogP contribution is -1.79. The van der Waals surface area contributed by atoms with E-state index in [-0.39, 0.29) is 0 Å². The minimum absolute atomic E-state index is 0.503. The molecule has 4 aromatic rings. The Hall–Kier alpha value is -3.32. The summed E-state index contributed by atoms with van der Waals surface area (Å²) in [7, 11) is 0. The second-order valence-electron chi connectivity index (χ2n) is 4.87. The molecule has 0 saturated heterocycles. The largest absolute Gasteiger partial charge is 0.464 e. The number of nitriles is 1. The van der Waals surface area contributed by atoms with Gasteiger partial charge in [-0.15, -0.1) is 0 Å². The van der Waals surface area contributed by atoms with E-state index in [0.717, 1.165) is 22.4 Å². The Bertz CT molecular complexity index is 992. The van der Waals surface area contributed by atoms with Crippen molar-refractivity contribution in [2.45, 2.75) is 0 Å². The highest BCUT2D eigenvalue weighted by Gasteiger charge is 2.10. The van der Waals surface area contributed by atoms with Crippen LogP contribution >= 0.6 is 0 Å². The van der Waals surface area contributed by atoms with Crippen LogP contribution in [0.1, 0.15) is 5.56 Å². The van der Waals surface area contributed by atoms with Gasteiger partial charge < -0.3 is 8.83 Å². The molecule has 0 spiro atoms. The molecule has 4 heteroatoms. The van der Waals surface area contributed by atoms with Crippen LogP contribution in [0.4, 0.5) is 0 Å². The van der Waals surface area contributed by atoms with Crippen molar-refractivity contribution in [2.75, 3.05) is 0 Å². The summed E-state index contributed by atoms with van der Waals surface area (Å²) in [6.45, 7) is 0. The smallest absolute Gasteiger partial charge is 0.227 e. The van der Waals surface area contributed by atoms with Gasteiger partial charge in [-0.2, -0.15) is 5.26 Å². The first kappa shape index (κ1) is 12.4. The predicted octanol–water partition coefficient (Wildman–Crippen LogP) is 4.63. The molecule has 0 amide bonds. The average Bonchev–Trinajstić information content (AvgIpc) is 3.23. The van der Waals surface area contributed by atoms with E-state index < -0.39 is 0 Å². The van der Waals surface area contributed by atoms with E-state index in [4.69, 9.17) is 14.1 Å². The highest BCUT2D eigenvalue weighted by Crippen LogP contribution is 2.29. The van der Waals surface area contributed by atoms with Gasteiger partial charge in [0.25, 0.3) is 0 Å². The fourth-order valence-electron chi connectivity index (χ4n) is 2.37. The van der Waals surface area contributed by atoms with Gasteiger partial charge in [-0.05, 0) is 48.5 Å². The minimum Gasteiger partial charge on any atom is -0.464 e. The molecule has 0 bridgehead atoms. The van der Waals surface area contributed by atoms with Crippen LogP contribution in [-0.4, -0.2) is 4.98 Å². The summed E-state index contributed by atoms with van der Waals surface area (Å²) in [5.41, 5.74) is 3.76. The molecule has 2 aromatic carbocycles. The monoisotopic (exact) mass is 286 g/mol. The number of rotatable bonds is 2. The van der Waals surface area contributed by atoms with E-state index in [0.29, 0.717) is 17.0 Å². The Balaban J connectivity index is 1.82. The molecule has 0 radical (unpaired) electrons. The van der Waals surface area contributed by atoms with Crippen molar-refractivity contribution in [3.63, 3.8) is 0 Å². The van der Waals surface area contributed by atoms with Crippen LogP contribution in [0.15, 0.2) is 69.7 Å². The Labute approximate surface area is 126 Å². The quantitative estimate of drug-likeness (QED) is 0.539. The summed E-state index contributed by atoms with van der Waals surface area (Å²) in [6.07, 6.45) is 1.64. The van der Waals surface area contributed by atoms with E-state index in [2.05, 4.69) is 11.1 Å². The molecule has 104 valence electrons. The number of aromatic nitrogens is 1. The maximum Gasteiger partial charge on any atom is 0.227 e. The topological polar surface area (TPSA) is 63.0 Å². The predicted molar refractivity (Wildman–Crippen MR) is 81.9 cm³/mol. The number of hydrogen-bond donors (Lipinski definition) is 0. The zero-order chi connectivity index (χ0) is 14.9. The highest BCUT2D eigenvalue weighted by molar-refractivity contribution is 5.81. The fraction of sp³-hybridized carbons (Fsp3) is 0. The molecular weight excluding hydrogens is 276 g/mol. The van der Waals surface area contributed by atoms with E-state index in [1.807, 2.05) is 42.5 Å². The normalized spacial score (nSPS) is 10.7. The van der Waals surface area contributed by atoms with Crippen molar-refractivity contribution >= 4 is 11.1 Å². The zero-order valence-electron chi connectivity index (χ0n) is 11.5.